The lowest BCUT2D eigenvalue weighted by Crippen LogP contribution is -2.23. The Morgan fingerprint density at radius 1 is 0.621 bits per heavy atom. The van der Waals surface area contributed by atoms with Crippen LogP contribution in [0.15, 0.2) is 101 Å². The Labute approximate surface area is 174 Å². The number of hydrogen-bond donors (Lipinski definition) is 0. The standard InChI is InChI=1S/C26H21NOS/c1-18-12-14-23-25(16-18)29(28)26-17-19(2)13-15-24(26)27(23)22-11-7-6-10-21(22)20-8-4-3-5-9-20/h3-17H,1-2H3. The molecule has 3 heteroatoms. The Morgan fingerprint density at radius 2 is 1.17 bits per heavy atom. The number of rotatable bonds is 2. The van der Waals surface area contributed by atoms with Gasteiger partial charge in [0.05, 0.1) is 5.69 Å². The van der Waals surface area contributed by atoms with Crippen LogP contribution in [0, 0.1) is 13.8 Å². The number of benzene rings is 4. The van der Waals surface area contributed by atoms with Crippen molar-refractivity contribution in [3.8, 4) is 11.1 Å². The van der Waals surface area contributed by atoms with E-state index in [-0.39, 0.29) is 0 Å². The first-order valence-corrected chi connectivity index (χ1v) is 10.9. The molecular formula is C26H21NOS. The van der Waals surface area contributed by atoms with Gasteiger partial charge in [0.1, 0.15) is 11.4 Å². The molecular weight excluding hydrogens is 374 g/mol. The van der Waals surface area contributed by atoms with Crippen LogP contribution >= 0.6 is 0 Å². The van der Waals surface area contributed by atoms with E-state index in [1.54, 1.807) is 0 Å². The van der Waals surface area contributed by atoms with E-state index in [1.165, 1.54) is 0 Å². The second kappa shape index (κ2) is 7.11. The van der Waals surface area contributed by atoms with Crippen LogP contribution in [0.4, 0.5) is 17.1 Å². The SMILES string of the molecule is Cc1ccc2c(c1)[S+]([O-])c1cc(C)ccc1N2c1ccccc1-c1ccccc1. The van der Waals surface area contributed by atoms with Gasteiger partial charge in [-0.3, -0.25) is 0 Å². The average molecular weight is 396 g/mol. The van der Waals surface area contributed by atoms with Crippen LogP contribution in [-0.2, 0) is 11.2 Å². The van der Waals surface area contributed by atoms with Crippen LogP contribution in [0.3, 0.4) is 0 Å². The second-order valence-corrected chi connectivity index (χ2v) is 8.85. The molecule has 0 aromatic heterocycles. The Morgan fingerprint density at radius 3 is 1.79 bits per heavy atom. The van der Waals surface area contributed by atoms with Gasteiger partial charge >= 0.3 is 0 Å². The molecule has 29 heavy (non-hydrogen) atoms. The third kappa shape index (κ3) is 3.03. The molecule has 5 rings (SSSR count). The maximum Gasteiger partial charge on any atom is 0.182 e. The van der Waals surface area contributed by atoms with Crippen LogP contribution in [0.1, 0.15) is 11.1 Å². The molecule has 0 fully saturated rings. The summed E-state index contributed by atoms with van der Waals surface area (Å²) in [6.07, 6.45) is 0. The van der Waals surface area contributed by atoms with Crippen molar-refractivity contribution in [2.75, 3.05) is 4.90 Å². The first kappa shape index (κ1) is 18.0. The Hall–Kier alpha value is -3.01. The first-order chi connectivity index (χ1) is 14.1. The summed E-state index contributed by atoms with van der Waals surface area (Å²) < 4.78 is 13.4. The van der Waals surface area contributed by atoms with E-state index >= 15 is 0 Å². The van der Waals surface area contributed by atoms with Gasteiger partial charge in [-0.15, -0.1) is 0 Å². The Bertz CT molecular complexity index is 1150. The molecule has 0 atom stereocenters. The van der Waals surface area contributed by atoms with Crippen LogP contribution in [-0.4, -0.2) is 4.55 Å². The maximum absolute atomic E-state index is 13.4. The van der Waals surface area contributed by atoms with Crippen molar-refractivity contribution >= 4 is 28.2 Å². The highest BCUT2D eigenvalue weighted by Gasteiger charge is 2.35. The normalized spacial score (nSPS) is 13.1. The third-order valence-corrected chi connectivity index (χ3v) is 6.79. The fourth-order valence-electron chi connectivity index (χ4n) is 3.95. The highest BCUT2D eigenvalue weighted by molar-refractivity contribution is 7.92. The van der Waals surface area contributed by atoms with Crippen molar-refractivity contribution < 1.29 is 4.55 Å². The zero-order valence-corrected chi connectivity index (χ0v) is 17.2. The molecule has 1 aliphatic heterocycles. The molecule has 0 spiro atoms. The number of para-hydroxylation sites is 1. The van der Waals surface area contributed by atoms with Gasteiger partial charge in [0, 0.05) is 16.7 Å². The molecule has 0 unspecified atom stereocenters. The van der Waals surface area contributed by atoms with Gasteiger partial charge in [0.2, 0.25) is 0 Å². The third-order valence-electron chi connectivity index (χ3n) is 5.34. The molecule has 142 valence electrons. The van der Waals surface area contributed by atoms with Gasteiger partial charge in [-0.05, 0) is 60.9 Å². The topological polar surface area (TPSA) is 26.3 Å². The summed E-state index contributed by atoms with van der Waals surface area (Å²) in [4.78, 5) is 3.99. The number of fused-ring (bicyclic) bond motifs is 2. The van der Waals surface area contributed by atoms with Gasteiger partial charge in [-0.25, -0.2) is 0 Å². The Balaban J connectivity index is 1.81. The van der Waals surface area contributed by atoms with Crippen LogP contribution in [0.2, 0.25) is 0 Å². The number of anilines is 3. The molecule has 0 amide bonds. The monoisotopic (exact) mass is 395 g/mol. The van der Waals surface area contributed by atoms with Gasteiger partial charge in [-0.2, -0.15) is 0 Å². The van der Waals surface area contributed by atoms with E-state index in [2.05, 4.69) is 89.8 Å². The van der Waals surface area contributed by atoms with E-state index in [1.807, 2.05) is 19.9 Å². The predicted octanol–water partition coefficient (Wildman–Crippen LogP) is 6.92. The van der Waals surface area contributed by atoms with Gasteiger partial charge in [0.25, 0.3) is 0 Å². The molecule has 4 aromatic rings. The molecule has 0 N–H and O–H groups in total. The molecule has 0 bridgehead atoms. The molecule has 1 heterocycles. The minimum Gasteiger partial charge on any atom is -0.606 e. The lowest BCUT2D eigenvalue weighted by atomic mass is 10.0. The molecule has 0 aliphatic carbocycles. The highest BCUT2D eigenvalue weighted by Crippen LogP contribution is 2.50. The van der Waals surface area contributed by atoms with E-state index in [9.17, 15) is 4.55 Å². The number of aryl methyl sites for hydroxylation is 2. The lowest BCUT2D eigenvalue weighted by molar-refractivity contribution is 0.593. The lowest BCUT2D eigenvalue weighted by Gasteiger charge is -2.34. The van der Waals surface area contributed by atoms with Crippen molar-refractivity contribution in [1.29, 1.82) is 0 Å². The van der Waals surface area contributed by atoms with Crippen molar-refractivity contribution in [2.24, 2.45) is 0 Å². The Kier molecular flexibility index (Phi) is 4.42. The van der Waals surface area contributed by atoms with Gasteiger partial charge in [0.15, 0.2) is 9.79 Å². The zero-order valence-electron chi connectivity index (χ0n) is 16.4. The van der Waals surface area contributed by atoms with Crippen molar-refractivity contribution in [3.05, 3.63) is 102 Å². The molecule has 2 nitrogen and oxygen atoms in total. The second-order valence-electron chi connectivity index (χ2n) is 7.43. The summed E-state index contributed by atoms with van der Waals surface area (Å²) in [5.74, 6) is 0. The number of hydrogen-bond acceptors (Lipinski definition) is 2. The van der Waals surface area contributed by atoms with E-state index in [0.29, 0.717) is 0 Å². The first-order valence-electron chi connectivity index (χ1n) is 9.71. The summed E-state index contributed by atoms with van der Waals surface area (Å²) in [5, 5.41) is 0. The molecule has 0 saturated heterocycles. The van der Waals surface area contributed by atoms with Crippen molar-refractivity contribution in [2.45, 2.75) is 23.6 Å². The quantitative estimate of drug-likeness (QED) is 0.344. The minimum absolute atomic E-state index is 0.867. The molecule has 0 radical (unpaired) electrons. The summed E-state index contributed by atoms with van der Waals surface area (Å²) in [7, 11) is 0. The average Bonchev–Trinajstić information content (AvgIpc) is 2.75. The number of nitrogens with zero attached hydrogens (tertiary/aromatic N) is 1. The van der Waals surface area contributed by atoms with Crippen LogP contribution in [0.5, 0.6) is 0 Å². The predicted molar refractivity (Wildman–Crippen MR) is 121 cm³/mol. The minimum atomic E-state index is -1.20. The van der Waals surface area contributed by atoms with Gasteiger partial charge in [-0.1, -0.05) is 60.7 Å². The molecule has 0 saturated carbocycles. The van der Waals surface area contributed by atoms with Gasteiger partial charge < -0.3 is 9.45 Å². The summed E-state index contributed by atoms with van der Waals surface area (Å²) in [6.45, 7) is 4.09. The zero-order chi connectivity index (χ0) is 20.0. The van der Waals surface area contributed by atoms with E-state index in [4.69, 9.17) is 0 Å². The smallest absolute Gasteiger partial charge is 0.182 e. The summed E-state index contributed by atoms with van der Waals surface area (Å²) >= 11 is -1.20. The highest BCUT2D eigenvalue weighted by atomic mass is 32.2. The fourth-order valence-corrected chi connectivity index (χ4v) is 5.47. The van der Waals surface area contributed by atoms with E-state index in [0.717, 1.165) is 49.1 Å². The van der Waals surface area contributed by atoms with Crippen LogP contribution < -0.4 is 4.90 Å². The molecule has 4 aromatic carbocycles. The van der Waals surface area contributed by atoms with E-state index < -0.39 is 11.2 Å². The summed E-state index contributed by atoms with van der Waals surface area (Å²) in [5.41, 5.74) is 7.60. The largest absolute Gasteiger partial charge is 0.606 e. The molecule has 1 aliphatic rings. The van der Waals surface area contributed by atoms with Crippen molar-refractivity contribution in [3.63, 3.8) is 0 Å². The maximum atomic E-state index is 13.4. The fraction of sp³-hybridized carbons (Fsp3) is 0.0769. The van der Waals surface area contributed by atoms with Crippen LogP contribution in [0.25, 0.3) is 11.1 Å². The summed E-state index contributed by atoms with van der Waals surface area (Å²) in [6, 6.07) is 31.3. The van der Waals surface area contributed by atoms with Crippen molar-refractivity contribution in [1.82, 2.24) is 0 Å².